The Morgan fingerprint density at radius 2 is 2.43 bits per heavy atom. The standard InChI is InChI=1S/C10H19N3O/c1-4-10(3,14)7-11-8(2)9-5-6-12-13-9/h5-6,8,11,14H,4,7H2,1-3H3,(H,12,13). The van der Waals surface area contributed by atoms with Gasteiger partial charge in [0, 0.05) is 18.8 Å². The molecule has 0 spiro atoms. The molecule has 0 amide bonds. The van der Waals surface area contributed by atoms with Gasteiger partial charge in [0.25, 0.3) is 0 Å². The first-order valence-corrected chi connectivity index (χ1v) is 5.00. The molecule has 0 saturated carbocycles. The van der Waals surface area contributed by atoms with Crippen LogP contribution in [-0.2, 0) is 0 Å². The minimum absolute atomic E-state index is 0.190. The Morgan fingerprint density at radius 3 is 2.93 bits per heavy atom. The maximum absolute atomic E-state index is 9.78. The van der Waals surface area contributed by atoms with Gasteiger partial charge in [0.05, 0.1) is 11.3 Å². The van der Waals surface area contributed by atoms with E-state index >= 15 is 0 Å². The van der Waals surface area contributed by atoms with Crippen molar-refractivity contribution in [1.82, 2.24) is 15.5 Å². The molecule has 0 aliphatic carbocycles. The van der Waals surface area contributed by atoms with Gasteiger partial charge >= 0.3 is 0 Å². The molecule has 0 aromatic carbocycles. The molecular weight excluding hydrogens is 178 g/mol. The number of hydrogen-bond acceptors (Lipinski definition) is 3. The van der Waals surface area contributed by atoms with Gasteiger partial charge in [0.1, 0.15) is 0 Å². The third-order valence-corrected chi connectivity index (χ3v) is 2.54. The third kappa shape index (κ3) is 3.12. The van der Waals surface area contributed by atoms with Crippen molar-refractivity contribution in [1.29, 1.82) is 0 Å². The van der Waals surface area contributed by atoms with Crippen LogP contribution < -0.4 is 5.32 Å². The Bertz CT molecular complexity index is 256. The van der Waals surface area contributed by atoms with Gasteiger partial charge in [0.2, 0.25) is 0 Å². The van der Waals surface area contributed by atoms with Crippen LogP contribution in [0.4, 0.5) is 0 Å². The molecule has 4 nitrogen and oxygen atoms in total. The minimum Gasteiger partial charge on any atom is -0.389 e. The first-order chi connectivity index (χ1) is 6.55. The molecule has 0 fully saturated rings. The number of H-pyrrole nitrogens is 1. The van der Waals surface area contributed by atoms with E-state index in [0.717, 1.165) is 12.1 Å². The molecule has 2 unspecified atom stereocenters. The molecular formula is C10H19N3O. The zero-order valence-corrected chi connectivity index (χ0v) is 9.04. The summed E-state index contributed by atoms with van der Waals surface area (Å²) in [5.74, 6) is 0. The van der Waals surface area contributed by atoms with Crippen molar-refractivity contribution in [3.63, 3.8) is 0 Å². The second-order valence-corrected chi connectivity index (χ2v) is 3.97. The largest absolute Gasteiger partial charge is 0.389 e. The zero-order chi connectivity index (χ0) is 10.6. The number of aromatic amines is 1. The van der Waals surface area contributed by atoms with E-state index in [4.69, 9.17) is 0 Å². The highest BCUT2D eigenvalue weighted by atomic mass is 16.3. The lowest BCUT2D eigenvalue weighted by Crippen LogP contribution is -2.38. The topological polar surface area (TPSA) is 60.9 Å². The van der Waals surface area contributed by atoms with Gasteiger partial charge in [-0.1, -0.05) is 6.92 Å². The predicted molar refractivity (Wildman–Crippen MR) is 55.9 cm³/mol. The smallest absolute Gasteiger partial charge is 0.0741 e. The number of rotatable bonds is 5. The van der Waals surface area contributed by atoms with Crippen LogP contribution in [-0.4, -0.2) is 27.4 Å². The lowest BCUT2D eigenvalue weighted by atomic mass is 10.0. The van der Waals surface area contributed by atoms with E-state index in [-0.39, 0.29) is 6.04 Å². The lowest BCUT2D eigenvalue weighted by molar-refractivity contribution is 0.0532. The van der Waals surface area contributed by atoms with E-state index < -0.39 is 5.60 Å². The van der Waals surface area contributed by atoms with E-state index in [9.17, 15) is 5.11 Å². The molecule has 2 atom stereocenters. The molecule has 4 heteroatoms. The van der Waals surface area contributed by atoms with Gasteiger partial charge in [-0.25, -0.2) is 0 Å². The predicted octanol–water partition coefficient (Wildman–Crippen LogP) is 1.22. The van der Waals surface area contributed by atoms with Crippen molar-refractivity contribution in [2.45, 2.75) is 38.8 Å². The molecule has 1 aromatic rings. The minimum atomic E-state index is -0.631. The Morgan fingerprint density at radius 1 is 1.71 bits per heavy atom. The van der Waals surface area contributed by atoms with Crippen LogP contribution >= 0.6 is 0 Å². The molecule has 0 radical (unpaired) electrons. The Labute approximate surface area is 84.7 Å². The van der Waals surface area contributed by atoms with E-state index in [1.807, 2.05) is 26.8 Å². The summed E-state index contributed by atoms with van der Waals surface area (Å²) in [5.41, 5.74) is 0.408. The molecule has 1 heterocycles. The highest BCUT2D eigenvalue weighted by Gasteiger charge is 2.18. The number of aliphatic hydroxyl groups is 1. The maximum Gasteiger partial charge on any atom is 0.0741 e. The fraction of sp³-hybridized carbons (Fsp3) is 0.700. The van der Waals surface area contributed by atoms with Crippen molar-refractivity contribution >= 4 is 0 Å². The maximum atomic E-state index is 9.78. The molecule has 0 saturated heterocycles. The Balaban J connectivity index is 2.39. The summed E-state index contributed by atoms with van der Waals surface area (Å²) < 4.78 is 0. The SMILES string of the molecule is CCC(C)(O)CNC(C)c1ccn[nH]1. The summed E-state index contributed by atoms with van der Waals surface area (Å²) in [6, 6.07) is 2.12. The zero-order valence-electron chi connectivity index (χ0n) is 9.04. The van der Waals surface area contributed by atoms with Gasteiger partial charge in [-0.2, -0.15) is 5.10 Å². The Hall–Kier alpha value is -0.870. The summed E-state index contributed by atoms with van der Waals surface area (Å²) in [6.45, 7) is 6.44. The normalized spacial score (nSPS) is 17.7. The monoisotopic (exact) mass is 197 g/mol. The van der Waals surface area contributed by atoms with Crippen LogP contribution in [0.3, 0.4) is 0 Å². The number of nitrogens with zero attached hydrogens (tertiary/aromatic N) is 1. The van der Waals surface area contributed by atoms with E-state index in [2.05, 4.69) is 15.5 Å². The van der Waals surface area contributed by atoms with E-state index in [1.54, 1.807) is 6.20 Å². The molecule has 1 rings (SSSR count). The van der Waals surface area contributed by atoms with Gasteiger partial charge in [-0.15, -0.1) is 0 Å². The number of nitrogens with one attached hydrogen (secondary N) is 2. The molecule has 0 aliphatic rings. The summed E-state index contributed by atoms with van der Waals surface area (Å²) in [7, 11) is 0. The number of aromatic nitrogens is 2. The van der Waals surface area contributed by atoms with Crippen LogP contribution in [0.2, 0.25) is 0 Å². The highest BCUT2D eigenvalue weighted by molar-refractivity contribution is 5.03. The quantitative estimate of drug-likeness (QED) is 0.665. The highest BCUT2D eigenvalue weighted by Crippen LogP contribution is 2.11. The summed E-state index contributed by atoms with van der Waals surface area (Å²) in [6.07, 6.45) is 2.47. The van der Waals surface area contributed by atoms with Crippen molar-refractivity contribution in [2.24, 2.45) is 0 Å². The first-order valence-electron chi connectivity index (χ1n) is 5.00. The van der Waals surface area contributed by atoms with Crippen molar-refractivity contribution < 1.29 is 5.11 Å². The van der Waals surface area contributed by atoms with Gasteiger partial charge in [-0.3, -0.25) is 5.10 Å². The average molecular weight is 197 g/mol. The molecule has 0 aliphatic heterocycles. The Kier molecular flexibility index (Phi) is 3.66. The van der Waals surface area contributed by atoms with E-state index in [1.165, 1.54) is 0 Å². The van der Waals surface area contributed by atoms with Crippen LogP contribution in [0.5, 0.6) is 0 Å². The summed E-state index contributed by atoms with van der Waals surface area (Å²) >= 11 is 0. The van der Waals surface area contributed by atoms with E-state index in [0.29, 0.717) is 6.54 Å². The van der Waals surface area contributed by atoms with Crippen LogP contribution in [0.15, 0.2) is 12.3 Å². The lowest BCUT2D eigenvalue weighted by Gasteiger charge is -2.24. The summed E-state index contributed by atoms with van der Waals surface area (Å²) in [4.78, 5) is 0. The van der Waals surface area contributed by atoms with Crippen LogP contribution in [0.25, 0.3) is 0 Å². The van der Waals surface area contributed by atoms with Crippen LogP contribution in [0, 0.1) is 0 Å². The number of hydrogen-bond donors (Lipinski definition) is 3. The first kappa shape index (κ1) is 11.2. The van der Waals surface area contributed by atoms with Crippen molar-refractivity contribution in [3.8, 4) is 0 Å². The molecule has 0 bridgehead atoms. The van der Waals surface area contributed by atoms with Gasteiger partial charge < -0.3 is 10.4 Å². The molecule has 80 valence electrons. The molecule has 3 N–H and O–H groups in total. The molecule has 14 heavy (non-hydrogen) atoms. The van der Waals surface area contributed by atoms with Gasteiger partial charge in [0.15, 0.2) is 0 Å². The molecule has 1 aromatic heterocycles. The average Bonchev–Trinajstić information content (AvgIpc) is 2.67. The van der Waals surface area contributed by atoms with Crippen LogP contribution in [0.1, 0.15) is 38.9 Å². The van der Waals surface area contributed by atoms with Gasteiger partial charge in [-0.05, 0) is 26.3 Å². The summed E-state index contributed by atoms with van der Waals surface area (Å²) in [5, 5.41) is 19.8. The fourth-order valence-electron chi connectivity index (χ4n) is 1.12. The fourth-order valence-corrected chi connectivity index (χ4v) is 1.12. The third-order valence-electron chi connectivity index (χ3n) is 2.54. The second-order valence-electron chi connectivity index (χ2n) is 3.97. The van der Waals surface area contributed by atoms with Crippen molar-refractivity contribution in [2.75, 3.05) is 6.54 Å². The second kappa shape index (κ2) is 4.57. The van der Waals surface area contributed by atoms with Crippen molar-refractivity contribution in [3.05, 3.63) is 18.0 Å².